The summed E-state index contributed by atoms with van der Waals surface area (Å²) in [6, 6.07) is 0. The molecule has 0 heterocycles. The Hall–Kier alpha value is -0.473. The summed E-state index contributed by atoms with van der Waals surface area (Å²) in [7, 11) is 6.80. The van der Waals surface area contributed by atoms with Crippen LogP contribution in [0.15, 0.2) is 0 Å². The minimum atomic E-state index is -1.67. The van der Waals surface area contributed by atoms with E-state index in [-0.39, 0.29) is 0 Å². The second-order valence-electron chi connectivity index (χ2n) is 4.05. The van der Waals surface area contributed by atoms with Crippen LogP contribution in [0.4, 0.5) is 0 Å². The molecular formula is C15H41NO5Si. The molecule has 0 radical (unpaired) electrons. The van der Waals surface area contributed by atoms with Crippen LogP contribution in [0, 0.1) is 0 Å². The van der Waals surface area contributed by atoms with E-state index >= 15 is 0 Å². The van der Waals surface area contributed by atoms with Crippen LogP contribution in [-0.4, -0.2) is 56.0 Å². The van der Waals surface area contributed by atoms with E-state index in [0.29, 0.717) is 6.42 Å². The van der Waals surface area contributed by atoms with Crippen LogP contribution in [0.1, 0.15) is 60.3 Å². The number of hydrogen-bond donors (Lipinski definition) is 2. The lowest BCUT2D eigenvalue weighted by Crippen LogP contribution is -2.21. The van der Waals surface area contributed by atoms with E-state index in [1.807, 2.05) is 21.0 Å². The van der Waals surface area contributed by atoms with Crippen LogP contribution in [-0.2, 0) is 18.1 Å². The molecule has 0 saturated heterocycles. The highest BCUT2D eigenvalue weighted by Crippen LogP contribution is 1.82. The van der Waals surface area contributed by atoms with Gasteiger partial charge in [-0.1, -0.05) is 47.5 Å². The summed E-state index contributed by atoms with van der Waals surface area (Å²) in [5, 5.41) is 10.7. The highest BCUT2D eigenvalue weighted by molar-refractivity contribution is 6.36. The average Bonchev–Trinajstić information content (AvgIpc) is 2.44. The Morgan fingerprint density at radius 3 is 1.14 bits per heavy atom. The van der Waals surface area contributed by atoms with E-state index in [0.717, 1.165) is 6.42 Å². The topological polar surface area (TPSA) is 77.0 Å². The third kappa shape index (κ3) is 92.2. The molecule has 0 aromatic rings. The van der Waals surface area contributed by atoms with Crippen LogP contribution >= 0.6 is 0 Å². The molecule has 22 heavy (non-hydrogen) atoms. The fourth-order valence-corrected chi connectivity index (χ4v) is 1.08. The standard InChI is InChI=1S/C4H8O2.C3H10O3Si.2C3H8.C2H7N/c1-2-3-4(5)6;1-4-7(5-2)6-3;3*1-3-2/h2-3H2,1H3,(H,5,6);7H,1-3H3;2*3H2,1-2H3;3H,1-2H3. The lowest BCUT2D eigenvalue weighted by Gasteiger charge is -2.05. The maximum absolute atomic E-state index is 9.60. The van der Waals surface area contributed by atoms with Crippen molar-refractivity contribution in [1.29, 1.82) is 0 Å². The average molecular weight is 344 g/mol. The van der Waals surface area contributed by atoms with Crippen LogP contribution in [0.3, 0.4) is 0 Å². The minimum absolute atomic E-state index is 0.292. The van der Waals surface area contributed by atoms with Crippen LogP contribution in [0.2, 0.25) is 0 Å². The van der Waals surface area contributed by atoms with E-state index in [9.17, 15) is 4.79 Å². The Balaban J connectivity index is -0.0000000583. The summed E-state index contributed by atoms with van der Waals surface area (Å²) < 4.78 is 14.2. The van der Waals surface area contributed by atoms with Crippen molar-refractivity contribution in [3.05, 3.63) is 0 Å². The number of aliphatic carboxylic acids is 1. The second-order valence-corrected chi connectivity index (χ2v) is 6.05. The van der Waals surface area contributed by atoms with Crippen molar-refractivity contribution < 1.29 is 23.2 Å². The van der Waals surface area contributed by atoms with Gasteiger partial charge in [0.05, 0.1) is 0 Å². The molecule has 7 heteroatoms. The van der Waals surface area contributed by atoms with Gasteiger partial charge < -0.3 is 23.7 Å². The molecular weight excluding hydrogens is 302 g/mol. The van der Waals surface area contributed by atoms with E-state index in [2.05, 4.69) is 33.0 Å². The van der Waals surface area contributed by atoms with Gasteiger partial charge in [-0.2, -0.15) is 0 Å². The summed E-state index contributed by atoms with van der Waals surface area (Å²) in [6.45, 7) is 10.3. The first-order valence-corrected chi connectivity index (χ1v) is 9.16. The van der Waals surface area contributed by atoms with Crippen LogP contribution in [0.5, 0.6) is 0 Å². The molecule has 0 rings (SSSR count). The normalized spacial score (nSPS) is 7.95. The third-order valence-corrected chi connectivity index (χ3v) is 2.20. The summed E-state index contributed by atoms with van der Waals surface area (Å²) >= 11 is 0. The monoisotopic (exact) mass is 343 g/mol. The predicted octanol–water partition coefficient (Wildman–Crippen LogP) is 3.18. The molecule has 0 atom stereocenters. The van der Waals surface area contributed by atoms with Gasteiger partial charge in [0.15, 0.2) is 0 Å². The molecule has 0 aliphatic rings. The SMILES string of the molecule is CCC.CCC.CCCC(=O)O.CNC.CO[SiH](OC)OC. The van der Waals surface area contributed by atoms with Gasteiger partial charge in [-0.05, 0) is 20.5 Å². The van der Waals surface area contributed by atoms with Gasteiger partial charge in [-0.25, -0.2) is 0 Å². The number of nitrogens with one attached hydrogen (secondary N) is 1. The van der Waals surface area contributed by atoms with Crippen molar-refractivity contribution in [2.75, 3.05) is 35.4 Å². The summed E-state index contributed by atoms with van der Waals surface area (Å²) in [6.07, 6.45) is 3.52. The molecule has 0 aromatic heterocycles. The molecule has 0 aromatic carbocycles. The van der Waals surface area contributed by atoms with Crippen molar-refractivity contribution >= 4 is 15.5 Å². The van der Waals surface area contributed by atoms with Gasteiger partial charge in [0.1, 0.15) is 0 Å². The Morgan fingerprint density at radius 2 is 1.14 bits per heavy atom. The third-order valence-electron chi connectivity index (χ3n) is 1.04. The predicted molar refractivity (Wildman–Crippen MR) is 97.6 cm³/mol. The quantitative estimate of drug-likeness (QED) is 0.747. The molecule has 0 bridgehead atoms. The Bertz CT molecular complexity index is 149. The first-order valence-electron chi connectivity index (χ1n) is 7.75. The Kier molecular flexibility index (Phi) is 64.6. The van der Waals surface area contributed by atoms with Gasteiger partial charge in [0.25, 0.3) is 0 Å². The van der Waals surface area contributed by atoms with Crippen LogP contribution < -0.4 is 5.32 Å². The van der Waals surface area contributed by atoms with E-state index in [1.165, 1.54) is 12.8 Å². The van der Waals surface area contributed by atoms with Crippen molar-refractivity contribution in [2.24, 2.45) is 0 Å². The summed E-state index contributed by atoms with van der Waals surface area (Å²) in [5.41, 5.74) is 0. The van der Waals surface area contributed by atoms with Gasteiger partial charge >= 0.3 is 15.5 Å². The van der Waals surface area contributed by atoms with E-state index in [4.69, 9.17) is 18.4 Å². The number of carbonyl (C=O) groups is 1. The maximum Gasteiger partial charge on any atom is 0.483 e. The molecule has 140 valence electrons. The van der Waals surface area contributed by atoms with E-state index < -0.39 is 15.5 Å². The fraction of sp³-hybridized carbons (Fsp3) is 0.933. The zero-order valence-corrected chi connectivity index (χ0v) is 17.6. The first kappa shape index (κ1) is 33.2. The molecule has 0 saturated carbocycles. The highest BCUT2D eigenvalue weighted by atomic mass is 28.3. The van der Waals surface area contributed by atoms with Crippen molar-refractivity contribution in [3.63, 3.8) is 0 Å². The first-order chi connectivity index (χ1) is 10.4. The van der Waals surface area contributed by atoms with E-state index in [1.54, 1.807) is 21.3 Å². The number of hydrogen-bond acceptors (Lipinski definition) is 5. The summed E-state index contributed by atoms with van der Waals surface area (Å²) in [4.78, 5) is 9.60. The molecule has 0 aliphatic heterocycles. The maximum atomic E-state index is 9.60. The number of carboxylic acids is 1. The summed E-state index contributed by atoms with van der Waals surface area (Å²) in [5.74, 6) is -0.711. The fourth-order valence-electron chi connectivity index (χ4n) is 0.503. The number of carboxylic acid groups (broad SMARTS) is 1. The minimum Gasteiger partial charge on any atom is -0.481 e. The molecule has 0 amide bonds. The van der Waals surface area contributed by atoms with Crippen molar-refractivity contribution in [3.8, 4) is 0 Å². The van der Waals surface area contributed by atoms with Gasteiger partial charge in [0, 0.05) is 27.8 Å². The smallest absolute Gasteiger partial charge is 0.481 e. The molecule has 0 spiro atoms. The molecule has 0 aliphatic carbocycles. The number of rotatable bonds is 5. The van der Waals surface area contributed by atoms with Crippen molar-refractivity contribution in [1.82, 2.24) is 5.32 Å². The Morgan fingerprint density at radius 1 is 0.909 bits per heavy atom. The largest absolute Gasteiger partial charge is 0.483 e. The second kappa shape index (κ2) is 42.8. The molecule has 0 unspecified atom stereocenters. The van der Waals surface area contributed by atoms with Gasteiger partial charge in [-0.3, -0.25) is 4.79 Å². The van der Waals surface area contributed by atoms with Crippen molar-refractivity contribution in [2.45, 2.75) is 60.3 Å². The molecule has 6 nitrogen and oxygen atoms in total. The van der Waals surface area contributed by atoms with Gasteiger partial charge in [0.2, 0.25) is 0 Å². The van der Waals surface area contributed by atoms with Gasteiger partial charge in [-0.15, -0.1) is 0 Å². The lowest BCUT2D eigenvalue weighted by atomic mass is 10.4. The zero-order valence-electron chi connectivity index (χ0n) is 16.5. The Labute approximate surface area is 140 Å². The lowest BCUT2D eigenvalue weighted by molar-refractivity contribution is -0.137. The molecule has 0 fully saturated rings. The highest BCUT2D eigenvalue weighted by Gasteiger charge is 2.04. The zero-order chi connectivity index (χ0) is 18.8. The van der Waals surface area contributed by atoms with Crippen LogP contribution in [0.25, 0.3) is 0 Å². The molecule has 2 N–H and O–H groups in total.